The van der Waals surface area contributed by atoms with E-state index in [2.05, 4.69) is 4.72 Å². The Morgan fingerprint density at radius 3 is 2.55 bits per heavy atom. The fourth-order valence-corrected chi connectivity index (χ4v) is 5.53. The molecule has 8 heteroatoms. The molecular formula is C25H30FN3O3S. The molecule has 0 fully saturated rings. The lowest BCUT2D eigenvalue weighted by Gasteiger charge is -2.27. The van der Waals surface area contributed by atoms with Gasteiger partial charge >= 0.3 is 0 Å². The summed E-state index contributed by atoms with van der Waals surface area (Å²) in [6, 6.07) is 8.22. The van der Waals surface area contributed by atoms with Gasteiger partial charge in [-0.3, -0.25) is 4.72 Å². The number of hydrogen-bond donors (Lipinski definition) is 2. The normalized spacial score (nSPS) is 15.9. The van der Waals surface area contributed by atoms with Gasteiger partial charge in [-0.2, -0.15) is 5.26 Å². The van der Waals surface area contributed by atoms with E-state index >= 15 is 0 Å². The zero-order valence-corrected chi connectivity index (χ0v) is 20.4. The zero-order valence-electron chi connectivity index (χ0n) is 19.6. The highest BCUT2D eigenvalue weighted by Gasteiger charge is 2.28. The number of rotatable bonds is 7. The lowest BCUT2D eigenvalue weighted by atomic mass is 9.80. The van der Waals surface area contributed by atoms with Gasteiger partial charge in [-0.15, -0.1) is 0 Å². The second-order valence-corrected chi connectivity index (χ2v) is 10.8. The molecule has 0 bridgehead atoms. The Bertz CT molecular complexity index is 1240. The average Bonchev–Trinajstić information content (AvgIpc) is 2.72. The Morgan fingerprint density at radius 1 is 1.27 bits per heavy atom. The molecule has 1 aliphatic carbocycles. The molecule has 0 heterocycles. The maximum absolute atomic E-state index is 15.0. The van der Waals surface area contributed by atoms with Gasteiger partial charge in [-0.1, -0.05) is 32.9 Å². The van der Waals surface area contributed by atoms with Crippen LogP contribution in [-0.2, 0) is 29.6 Å². The Hall–Kier alpha value is -2.73. The van der Waals surface area contributed by atoms with Crippen molar-refractivity contribution < 1.29 is 17.9 Å². The largest absolute Gasteiger partial charge is 0.392 e. The predicted octanol–water partition coefficient (Wildman–Crippen LogP) is 3.90. The fraction of sp³-hybridized carbons (Fsp3) is 0.400. The number of halogens is 1. The summed E-state index contributed by atoms with van der Waals surface area (Å²) in [5.41, 5.74) is 3.90. The van der Waals surface area contributed by atoms with E-state index in [4.69, 9.17) is 0 Å². The first-order valence-corrected chi connectivity index (χ1v) is 12.3. The molecule has 0 spiro atoms. The number of nitrogens with one attached hydrogen (secondary N) is 1. The van der Waals surface area contributed by atoms with Crippen LogP contribution in [0.4, 0.5) is 4.39 Å². The number of sulfonamides is 1. The minimum Gasteiger partial charge on any atom is -0.392 e. The molecule has 0 radical (unpaired) electrons. The first-order valence-electron chi connectivity index (χ1n) is 10.8. The van der Waals surface area contributed by atoms with E-state index in [-0.39, 0.29) is 35.3 Å². The van der Waals surface area contributed by atoms with Crippen molar-refractivity contribution in [3.8, 4) is 6.07 Å². The highest BCUT2D eigenvalue weighted by atomic mass is 32.2. The summed E-state index contributed by atoms with van der Waals surface area (Å²) in [6.07, 6.45) is 2.02. The molecule has 2 aromatic rings. The van der Waals surface area contributed by atoms with Gasteiger partial charge < -0.3 is 10.0 Å². The summed E-state index contributed by atoms with van der Waals surface area (Å²) in [5.74, 6) is -0.884. The van der Waals surface area contributed by atoms with Crippen molar-refractivity contribution in [1.82, 2.24) is 9.62 Å². The minimum absolute atomic E-state index is 0.0103. The number of aliphatic hydroxyl groups is 1. The van der Waals surface area contributed by atoms with Gasteiger partial charge in [0.25, 0.3) is 10.0 Å². The zero-order chi connectivity index (χ0) is 24.5. The number of nitrogens with zero attached hydrogens (tertiary/aromatic N) is 2. The first kappa shape index (κ1) is 24.9. The lowest BCUT2D eigenvalue weighted by molar-refractivity contribution is 0.278. The molecule has 3 rings (SSSR count). The van der Waals surface area contributed by atoms with E-state index in [1.54, 1.807) is 18.2 Å². The quantitative estimate of drug-likeness (QED) is 0.639. The Labute approximate surface area is 195 Å². The Morgan fingerprint density at radius 2 is 1.97 bits per heavy atom. The molecule has 176 valence electrons. The van der Waals surface area contributed by atoms with Crippen molar-refractivity contribution in [2.75, 3.05) is 14.1 Å². The number of nitriles is 1. The van der Waals surface area contributed by atoms with Gasteiger partial charge in [0.05, 0.1) is 17.1 Å². The van der Waals surface area contributed by atoms with Crippen molar-refractivity contribution in [2.24, 2.45) is 0 Å². The van der Waals surface area contributed by atoms with E-state index in [0.717, 1.165) is 16.7 Å². The van der Waals surface area contributed by atoms with Crippen LogP contribution < -0.4 is 4.72 Å². The van der Waals surface area contributed by atoms with Gasteiger partial charge in [0.2, 0.25) is 0 Å². The van der Waals surface area contributed by atoms with Crippen LogP contribution in [0.5, 0.6) is 0 Å². The molecule has 2 N–H and O–H groups in total. The van der Waals surface area contributed by atoms with Crippen LogP contribution in [0, 0.1) is 17.1 Å². The van der Waals surface area contributed by atoms with Crippen LogP contribution in [0.3, 0.4) is 0 Å². The highest BCUT2D eigenvalue weighted by Crippen LogP contribution is 2.37. The summed E-state index contributed by atoms with van der Waals surface area (Å²) in [5, 5.41) is 19.1. The number of fused-ring (bicyclic) bond motifs is 1. The monoisotopic (exact) mass is 471 g/mol. The summed E-state index contributed by atoms with van der Waals surface area (Å²) in [7, 11) is -0.112. The summed E-state index contributed by atoms with van der Waals surface area (Å²) >= 11 is 0. The van der Waals surface area contributed by atoms with Crippen LogP contribution in [-0.4, -0.2) is 32.5 Å². The molecule has 1 unspecified atom stereocenters. The number of hydrogen-bond acceptors (Lipinski definition) is 5. The standard InChI is InChI=1S/C25H30FN3O3S/c1-15(2)24-23-11-20(8-16(3)22(23)10-18(12-27)25(24)26)28-33(31,32)21-7-6-17(13-29(4)5)19(9-21)14-30/h6-10,15-16,28,30H,11,13-14H2,1-5H3. The van der Waals surface area contributed by atoms with E-state index in [9.17, 15) is 23.2 Å². The third-order valence-corrected chi connectivity index (χ3v) is 7.27. The second kappa shape index (κ2) is 9.64. The van der Waals surface area contributed by atoms with Gasteiger partial charge in [0.15, 0.2) is 0 Å². The maximum atomic E-state index is 15.0. The Kier molecular flexibility index (Phi) is 7.27. The van der Waals surface area contributed by atoms with Crippen LogP contribution >= 0.6 is 0 Å². The lowest BCUT2D eigenvalue weighted by Crippen LogP contribution is -2.28. The Balaban J connectivity index is 1.97. The van der Waals surface area contributed by atoms with Crippen LogP contribution in [0.2, 0.25) is 0 Å². The average molecular weight is 472 g/mol. The first-order chi connectivity index (χ1) is 15.5. The SMILES string of the molecule is CC(C)c1c(F)c(C#N)cc2c1CC(NS(=O)(=O)c1ccc(CN(C)C)c(CO)c1)=CC2C. The van der Waals surface area contributed by atoms with Crippen molar-refractivity contribution in [3.05, 3.63) is 75.2 Å². The molecule has 0 aliphatic heterocycles. The van der Waals surface area contributed by atoms with E-state index in [0.29, 0.717) is 23.4 Å². The van der Waals surface area contributed by atoms with E-state index in [1.165, 1.54) is 12.1 Å². The minimum atomic E-state index is -3.91. The van der Waals surface area contributed by atoms with Crippen LogP contribution in [0.1, 0.15) is 66.0 Å². The van der Waals surface area contributed by atoms with Gasteiger partial charge in [-0.05, 0) is 66.0 Å². The van der Waals surface area contributed by atoms with Crippen LogP contribution in [0.25, 0.3) is 0 Å². The van der Waals surface area contributed by atoms with Crippen LogP contribution in [0.15, 0.2) is 40.9 Å². The molecule has 33 heavy (non-hydrogen) atoms. The molecule has 0 aromatic heterocycles. The smallest absolute Gasteiger partial charge is 0.261 e. The van der Waals surface area contributed by atoms with Crippen molar-refractivity contribution >= 4 is 10.0 Å². The van der Waals surface area contributed by atoms with Gasteiger partial charge in [0.1, 0.15) is 11.9 Å². The molecule has 2 aromatic carbocycles. The fourth-order valence-electron chi connectivity index (χ4n) is 4.38. The summed E-state index contributed by atoms with van der Waals surface area (Å²) in [6.45, 7) is 5.93. The third kappa shape index (κ3) is 5.11. The number of allylic oxidation sites excluding steroid dienone is 2. The molecule has 0 saturated heterocycles. The third-order valence-electron chi connectivity index (χ3n) is 5.86. The van der Waals surface area contributed by atoms with Crippen molar-refractivity contribution in [3.63, 3.8) is 0 Å². The molecular weight excluding hydrogens is 441 g/mol. The molecule has 0 saturated carbocycles. The second-order valence-electron chi connectivity index (χ2n) is 9.08. The molecule has 1 atom stereocenters. The topological polar surface area (TPSA) is 93.4 Å². The van der Waals surface area contributed by atoms with Crippen molar-refractivity contribution in [2.45, 2.75) is 57.1 Å². The van der Waals surface area contributed by atoms with E-state index in [1.807, 2.05) is 45.8 Å². The summed E-state index contributed by atoms with van der Waals surface area (Å²) < 4.78 is 43.9. The molecule has 6 nitrogen and oxygen atoms in total. The number of aliphatic hydroxyl groups excluding tert-OH is 1. The highest BCUT2D eigenvalue weighted by molar-refractivity contribution is 7.89. The van der Waals surface area contributed by atoms with Gasteiger partial charge in [-0.25, -0.2) is 12.8 Å². The summed E-state index contributed by atoms with van der Waals surface area (Å²) in [4.78, 5) is 2.00. The number of benzene rings is 2. The van der Waals surface area contributed by atoms with Gasteiger partial charge in [0, 0.05) is 24.6 Å². The molecule has 1 aliphatic rings. The maximum Gasteiger partial charge on any atom is 0.261 e. The molecule has 0 amide bonds. The van der Waals surface area contributed by atoms with E-state index < -0.39 is 15.8 Å². The predicted molar refractivity (Wildman–Crippen MR) is 125 cm³/mol. The van der Waals surface area contributed by atoms with Crippen molar-refractivity contribution in [1.29, 1.82) is 5.26 Å².